The maximum atomic E-state index is 2.45. The van der Waals surface area contributed by atoms with Gasteiger partial charge < -0.3 is 0 Å². The predicted octanol–water partition coefficient (Wildman–Crippen LogP) is 2.00. The Morgan fingerprint density at radius 3 is 2.21 bits per heavy atom. The summed E-state index contributed by atoms with van der Waals surface area (Å²) in [5.41, 5.74) is 0. The van der Waals surface area contributed by atoms with Crippen molar-refractivity contribution in [1.82, 2.24) is 0 Å². The van der Waals surface area contributed by atoms with Crippen molar-refractivity contribution in [3.63, 3.8) is 0 Å². The van der Waals surface area contributed by atoms with E-state index in [0.717, 1.165) is 17.8 Å². The molecule has 0 aliphatic heterocycles. The van der Waals surface area contributed by atoms with Gasteiger partial charge in [0.1, 0.15) is 0 Å². The lowest BCUT2D eigenvalue weighted by Crippen LogP contribution is -2.16. The Kier molecular flexibility index (Phi) is 3.00. The fourth-order valence-electron chi connectivity index (χ4n) is 3.78. The molecule has 0 saturated heterocycles. The van der Waals surface area contributed by atoms with E-state index >= 15 is 0 Å². The summed E-state index contributed by atoms with van der Waals surface area (Å²) in [5.74, 6) is 3.33. The van der Waals surface area contributed by atoms with Crippen molar-refractivity contribution in [2.75, 3.05) is 0 Å². The molecule has 2 unspecified atom stereocenters. The molecule has 2 saturated carbocycles. The highest BCUT2D eigenvalue weighted by atomic mass is 14.4. The Balaban J connectivity index is 1.84. The van der Waals surface area contributed by atoms with Crippen molar-refractivity contribution in [3.8, 4) is 0 Å². The van der Waals surface area contributed by atoms with Crippen LogP contribution >= 0.6 is 0 Å². The Morgan fingerprint density at radius 2 is 1.71 bits per heavy atom. The van der Waals surface area contributed by atoms with E-state index in [2.05, 4.69) is 22.6 Å². The van der Waals surface area contributed by atoms with Crippen LogP contribution in [-0.4, -0.2) is 15.7 Å². The van der Waals surface area contributed by atoms with Gasteiger partial charge in [-0.15, -0.1) is 0 Å². The zero-order valence-corrected chi connectivity index (χ0v) is 10.2. The second-order valence-corrected chi connectivity index (χ2v) is 6.51. The molecule has 0 bridgehead atoms. The zero-order valence-electron chi connectivity index (χ0n) is 10.2. The first-order valence-corrected chi connectivity index (χ1v) is 6.61. The Labute approximate surface area is 91.0 Å². The molecule has 0 aromatic carbocycles. The Bertz CT molecular complexity index is 188. The highest BCUT2D eigenvalue weighted by Gasteiger charge is 2.38. The minimum Gasteiger partial charge on any atom is -0.0845 e. The van der Waals surface area contributed by atoms with Gasteiger partial charge in [-0.1, -0.05) is 44.2 Å². The van der Waals surface area contributed by atoms with E-state index in [1.807, 2.05) is 0 Å². The van der Waals surface area contributed by atoms with E-state index in [-0.39, 0.29) is 0 Å². The molecule has 2 aliphatic carbocycles. The van der Waals surface area contributed by atoms with Gasteiger partial charge in [-0.05, 0) is 30.6 Å². The van der Waals surface area contributed by atoms with Gasteiger partial charge in [-0.25, -0.2) is 0 Å². The third-order valence-electron chi connectivity index (χ3n) is 4.89. The van der Waals surface area contributed by atoms with Gasteiger partial charge >= 0.3 is 0 Å². The minimum atomic E-state index is 0.600. The first-order chi connectivity index (χ1) is 6.61. The average Bonchev–Trinajstić information content (AvgIpc) is 2.63. The van der Waals surface area contributed by atoms with Gasteiger partial charge in [-0.2, -0.15) is 0 Å². The SMILES string of the molecule is BC(B)(CC)CC1CC2CCCC2C1. The molecule has 78 valence electrons. The van der Waals surface area contributed by atoms with Crippen LogP contribution in [0.2, 0.25) is 5.21 Å². The van der Waals surface area contributed by atoms with Crippen molar-refractivity contribution in [1.29, 1.82) is 0 Å². The summed E-state index contributed by atoms with van der Waals surface area (Å²) in [5, 5.41) is 0.600. The van der Waals surface area contributed by atoms with Crippen molar-refractivity contribution < 1.29 is 0 Å². The number of rotatable bonds is 3. The monoisotopic (exact) mass is 190 g/mol. The van der Waals surface area contributed by atoms with Crippen LogP contribution in [-0.2, 0) is 0 Å². The lowest BCUT2D eigenvalue weighted by molar-refractivity contribution is 0.422. The van der Waals surface area contributed by atoms with Crippen LogP contribution in [0, 0.1) is 17.8 Å². The standard InChI is InChI=1S/C12H24B2/c1-2-12(13,14)8-9-6-10-4-3-5-11(10)7-9/h9-11H,2-8,13-14H2,1H3. The molecule has 0 radical (unpaired) electrons. The molecule has 2 rings (SSSR count). The maximum Gasteiger partial charge on any atom is 0.0992 e. The summed E-state index contributed by atoms with van der Waals surface area (Å²) in [6, 6.07) is 0. The molecular formula is C12H24B2. The van der Waals surface area contributed by atoms with Crippen LogP contribution in [0.1, 0.15) is 51.9 Å². The van der Waals surface area contributed by atoms with E-state index in [1.165, 1.54) is 19.3 Å². The molecule has 0 N–H and O–H groups in total. The van der Waals surface area contributed by atoms with E-state index in [1.54, 1.807) is 25.7 Å². The molecule has 0 aromatic heterocycles. The van der Waals surface area contributed by atoms with Crippen molar-refractivity contribution in [2.24, 2.45) is 17.8 Å². The molecule has 0 spiro atoms. The van der Waals surface area contributed by atoms with Gasteiger partial charge in [0, 0.05) is 0 Å². The second kappa shape index (κ2) is 3.94. The highest BCUT2D eigenvalue weighted by Crippen LogP contribution is 2.50. The first-order valence-electron chi connectivity index (χ1n) is 6.61. The normalized spacial score (nSPS) is 37.4. The topological polar surface area (TPSA) is 0 Å². The average molecular weight is 190 g/mol. The van der Waals surface area contributed by atoms with Crippen LogP contribution in [0.15, 0.2) is 0 Å². The molecular weight excluding hydrogens is 166 g/mol. The van der Waals surface area contributed by atoms with Gasteiger partial charge in [0.15, 0.2) is 0 Å². The molecule has 0 amide bonds. The van der Waals surface area contributed by atoms with E-state index in [9.17, 15) is 0 Å². The third-order valence-corrected chi connectivity index (χ3v) is 4.89. The number of hydrogen-bond acceptors (Lipinski definition) is 0. The molecule has 2 atom stereocenters. The van der Waals surface area contributed by atoms with Gasteiger partial charge in [0.25, 0.3) is 0 Å². The van der Waals surface area contributed by atoms with Gasteiger partial charge in [-0.3, -0.25) is 0 Å². The molecule has 0 heterocycles. The summed E-state index contributed by atoms with van der Waals surface area (Å²) in [7, 11) is 4.89. The molecule has 2 aliphatic rings. The molecule has 2 fully saturated rings. The smallest absolute Gasteiger partial charge is 0.0845 e. The molecule has 2 heteroatoms. The van der Waals surface area contributed by atoms with Crippen molar-refractivity contribution in [3.05, 3.63) is 0 Å². The van der Waals surface area contributed by atoms with E-state index in [4.69, 9.17) is 0 Å². The van der Waals surface area contributed by atoms with Gasteiger partial charge in [0.2, 0.25) is 0 Å². The van der Waals surface area contributed by atoms with E-state index < -0.39 is 0 Å². The fraction of sp³-hybridized carbons (Fsp3) is 1.00. The van der Waals surface area contributed by atoms with Crippen LogP contribution in [0.4, 0.5) is 0 Å². The predicted molar refractivity (Wildman–Crippen MR) is 68.2 cm³/mol. The maximum absolute atomic E-state index is 2.45. The Hall–Kier alpha value is 0.130. The molecule has 0 aromatic rings. The minimum absolute atomic E-state index is 0.600. The van der Waals surface area contributed by atoms with Crippen molar-refractivity contribution in [2.45, 2.75) is 57.1 Å². The van der Waals surface area contributed by atoms with E-state index in [0.29, 0.717) is 5.21 Å². The zero-order chi connectivity index (χ0) is 10.2. The Morgan fingerprint density at radius 1 is 1.14 bits per heavy atom. The summed E-state index contributed by atoms with van der Waals surface area (Å²) in [6.45, 7) is 2.34. The molecule has 14 heavy (non-hydrogen) atoms. The first kappa shape index (κ1) is 10.6. The highest BCUT2D eigenvalue weighted by molar-refractivity contribution is 6.39. The summed E-state index contributed by atoms with van der Waals surface area (Å²) >= 11 is 0. The van der Waals surface area contributed by atoms with Crippen LogP contribution in [0.5, 0.6) is 0 Å². The summed E-state index contributed by atoms with van der Waals surface area (Å²) in [6.07, 6.45) is 10.6. The van der Waals surface area contributed by atoms with Gasteiger partial charge in [0.05, 0.1) is 15.7 Å². The van der Waals surface area contributed by atoms with Crippen molar-refractivity contribution >= 4 is 15.7 Å². The lowest BCUT2D eigenvalue weighted by atomic mass is 9.50. The summed E-state index contributed by atoms with van der Waals surface area (Å²) < 4.78 is 0. The second-order valence-electron chi connectivity index (χ2n) is 6.51. The fourth-order valence-corrected chi connectivity index (χ4v) is 3.78. The summed E-state index contributed by atoms with van der Waals surface area (Å²) in [4.78, 5) is 0. The van der Waals surface area contributed by atoms with Crippen LogP contribution in [0.3, 0.4) is 0 Å². The lowest BCUT2D eigenvalue weighted by Gasteiger charge is -2.26. The largest absolute Gasteiger partial charge is 0.0992 e. The molecule has 0 nitrogen and oxygen atoms in total. The number of hydrogen-bond donors (Lipinski definition) is 0. The quantitative estimate of drug-likeness (QED) is 0.597. The van der Waals surface area contributed by atoms with Crippen LogP contribution in [0.25, 0.3) is 0 Å². The third kappa shape index (κ3) is 2.20. The number of fused-ring (bicyclic) bond motifs is 1. The van der Waals surface area contributed by atoms with Crippen LogP contribution < -0.4 is 0 Å².